The maximum atomic E-state index is 11.3. The molecular formula is C8H10N2O3S. The summed E-state index contributed by atoms with van der Waals surface area (Å²) in [6, 6.07) is 0. The van der Waals surface area contributed by atoms with Gasteiger partial charge in [0.05, 0.1) is 0 Å². The van der Waals surface area contributed by atoms with Crippen molar-refractivity contribution >= 4 is 24.5 Å². The number of carboxylic acids is 1. The Morgan fingerprint density at radius 3 is 2.93 bits per heavy atom. The third-order valence-corrected chi connectivity index (χ3v) is 2.01. The van der Waals surface area contributed by atoms with Crippen molar-refractivity contribution < 1.29 is 14.7 Å². The van der Waals surface area contributed by atoms with Crippen molar-refractivity contribution in [3.8, 4) is 0 Å². The molecule has 0 spiro atoms. The van der Waals surface area contributed by atoms with Gasteiger partial charge in [-0.15, -0.1) is 12.6 Å². The fourth-order valence-electron chi connectivity index (χ4n) is 0.937. The second-order valence-corrected chi connectivity index (χ2v) is 3.14. The minimum atomic E-state index is -1.08. The molecule has 1 rings (SSSR count). The fourth-order valence-corrected chi connectivity index (χ4v) is 1.23. The first-order valence-electron chi connectivity index (χ1n) is 3.92. The first kappa shape index (κ1) is 10.6. The molecule has 0 aromatic rings. The highest BCUT2D eigenvalue weighted by Gasteiger charge is 2.17. The Kier molecular flexibility index (Phi) is 3.58. The zero-order valence-corrected chi connectivity index (χ0v) is 8.12. The molecule has 1 aliphatic rings. The summed E-state index contributed by atoms with van der Waals surface area (Å²) < 4.78 is 0. The maximum absolute atomic E-state index is 11.3. The molecule has 0 radical (unpaired) electrons. The first-order chi connectivity index (χ1) is 6.61. The van der Waals surface area contributed by atoms with Gasteiger partial charge in [-0.3, -0.25) is 9.59 Å². The Morgan fingerprint density at radius 1 is 1.64 bits per heavy atom. The molecule has 0 saturated heterocycles. The van der Waals surface area contributed by atoms with Gasteiger partial charge in [0.25, 0.3) is 5.91 Å². The number of hydrogen-bond donors (Lipinski definition) is 4. The summed E-state index contributed by atoms with van der Waals surface area (Å²) in [6.07, 6.45) is 4.90. The van der Waals surface area contributed by atoms with Crippen molar-refractivity contribution in [3.63, 3.8) is 0 Å². The topological polar surface area (TPSA) is 78.4 Å². The molecule has 5 nitrogen and oxygen atoms in total. The predicted molar refractivity (Wildman–Crippen MR) is 53.8 cm³/mol. The van der Waals surface area contributed by atoms with E-state index in [9.17, 15) is 9.59 Å². The maximum Gasteiger partial charge on any atom is 0.322 e. The van der Waals surface area contributed by atoms with Gasteiger partial charge in [-0.05, 0) is 18.4 Å². The highest BCUT2D eigenvalue weighted by Crippen LogP contribution is 2.10. The summed E-state index contributed by atoms with van der Waals surface area (Å²) in [5, 5.41) is 13.0. The lowest BCUT2D eigenvalue weighted by molar-refractivity contribution is -0.137. The van der Waals surface area contributed by atoms with Crippen molar-refractivity contribution in [3.05, 3.63) is 23.9 Å². The molecule has 76 valence electrons. The lowest BCUT2D eigenvalue weighted by atomic mass is 10.2. The number of nitrogens with one attached hydrogen (secondary N) is 2. The zero-order chi connectivity index (χ0) is 10.6. The minimum Gasteiger partial charge on any atom is -0.480 e. The molecule has 0 saturated carbocycles. The highest BCUT2D eigenvalue weighted by atomic mass is 32.1. The van der Waals surface area contributed by atoms with Crippen LogP contribution in [-0.4, -0.2) is 28.9 Å². The quantitative estimate of drug-likeness (QED) is 0.477. The molecular weight excluding hydrogens is 204 g/mol. The average Bonchev–Trinajstić information content (AvgIpc) is 2.15. The van der Waals surface area contributed by atoms with Crippen molar-refractivity contribution in [1.82, 2.24) is 10.6 Å². The number of thiol groups is 1. The van der Waals surface area contributed by atoms with Gasteiger partial charge in [-0.25, -0.2) is 0 Å². The molecule has 1 heterocycles. The van der Waals surface area contributed by atoms with Crippen LogP contribution in [0.2, 0.25) is 0 Å². The molecule has 0 aromatic heterocycles. The van der Waals surface area contributed by atoms with E-state index in [2.05, 4.69) is 23.3 Å². The van der Waals surface area contributed by atoms with Crippen LogP contribution in [-0.2, 0) is 9.59 Å². The Hall–Kier alpha value is -1.43. The van der Waals surface area contributed by atoms with E-state index >= 15 is 0 Å². The number of carbonyl (C=O) groups is 2. The van der Waals surface area contributed by atoms with Crippen LogP contribution in [0.5, 0.6) is 0 Å². The molecule has 1 atom stereocenters. The molecule has 14 heavy (non-hydrogen) atoms. The standard InChI is InChI=1S/C8H10N2O3S/c11-6(12)4-10-7(13)5-2-1-3-9-8(5)14/h1-3,8-9,14H,4H2,(H,10,13)(H,11,12). The summed E-state index contributed by atoms with van der Waals surface area (Å²) in [5.74, 6) is -1.50. The van der Waals surface area contributed by atoms with Crippen molar-refractivity contribution in [2.75, 3.05) is 6.54 Å². The number of dihydropyridines is 1. The molecule has 0 fully saturated rings. The number of carboxylic acid groups (broad SMARTS) is 1. The molecule has 1 unspecified atom stereocenters. The molecule has 1 aliphatic heterocycles. The summed E-state index contributed by atoms with van der Waals surface area (Å²) in [6.45, 7) is -0.389. The average molecular weight is 214 g/mol. The fraction of sp³-hybridized carbons (Fsp3) is 0.250. The van der Waals surface area contributed by atoms with Crippen LogP contribution in [0, 0.1) is 0 Å². The number of carbonyl (C=O) groups excluding carboxylic acids is 1. The van der Waals surface area contributed by atoms with Gasteiger partial charge in [0.15, 0.2) is 0 Å². The van der Waals surface area contributed by atoms with Crippen LogP contribution in [0.4, 0.5) is 0 Å². The van der Waals surface area contributed by atoms with Crippen LogP contribution in [0.15, 0.2) is 23.9 Å². The van der Waals surface area contributed by atoms with Crippen molar-refractivity contribution in [2.24, 2.45) is 0 Å². The molecule has 6 heteroatoms. The molecule has 0 bridgehead atoms. The van der Waals surface area contributed by atoms with Gasteiger partial charge in [0, 0.05) is 5.57 Å². The zero-order valence-electron chi connectivity index (χ0n) is 7.23. The van der Waals surface area contributed by atoms with Gasteiger partial charge in [0.1, 0.15) is 11.9 Å². The number of aliphatic carboxylic acids is 1. The van der Waals surface area contributed by atoms with E-state index < -0.39 is 17.3 Å². The predicted octanol–water partition coefficient (Wildman–Crippen LogP) is -0.514. The third-order valence-electron chi connectivity index (χ3n) is 1.58. The van der Waals surface area contributed by atoms with Gasteiger partial charge >= 0.3 is 5.97 Å². The SMILES string of the molecule is O=C(O)CNC(=O)C1=CC=CNC1S. The Balaban J connectivity index is 2.55. The third kappa shape index (κ3) is 2.81. The van der Waals surface area contributed by atoms with Crippen LogP contribution >= 0.6 is 12.6 Å². The molecule has 0 aliphatic carbocycles. The lowest BCUT2D eigenvalue weighted by Crippen LogP contribution is -2.36. The number of amides is 1. The van der Waals surface area contributed by atoms with E-state index in [-0.39, 0.29) is 6.54 Å². The minimum absolute atomic E-state index is 0.389. The molecule has 0 aromatic carbocycles. The van der Waals surface area contributed by atoms with Crippen molar-refractivity contribution in [2.45, 2.75) is 5.37 Å². The van der Waals surface area contributed by atoms with Crippen LogP contribution in [0.1, 0.15) is 0 Å². The molecule has 1 amide bonds. The normalized spacial score (nSPS) is 19.5. The van der Waals surface area contributed by atoms with Gasteiger partial charge in [-0.1, -0.05) is 0 Å². The van der Waals surface area contributed by atoms with E-state index in [1.807, 2.05) is 0 Å². The largest absolute Gasteiger partial charge is 0.480 e. The van der Waals surface area contributed by atoms with Gasteiger partial charge in [0.2, 0.25) is 0 Å². The monoisotopic (exact) mass is 214 g/mol. The van der Waals surface area contributed by atoms with Crippen LogP contribution in [0.25, 0.3) is 0 Å². The van der Waals surface area contributed by atoms with E-state index in [1.54, 1.807) is 18.4 Å². The summed E-state index contributed by atoms with van der Waals surface area (Å²) >= 11 is 4.10. The summed E-state index contributed by atoms with van der Waals surface area (Å²) in [4.78, 5) is 21.5. The Morgan fingerprint density at radius 2 is 2.36 bits per heavy atom. The number of hydrogen-bond acceptors (Lipinski definition) is 4. The van der Waals surface area contributed by atoms with E-state index in [0.717, 1.165) is 0 Å². The number of allylic oxidation sites excluding steroid dienone is 2. The first-order valence-corrected chi connectivity index (χ1v) is 4.43. The van der Waals surface area contributed by atoms with E-state index in [4.69, 9.17) is 5.11 Å². The van der Waals surface area contributed by atoms with Crippen LogP contribution < -0.4 is 10.6 Å². The highest BCUT2D eigenvalue weighted by molar-refractivity contribution is 7.81. The summed E-state index contributed by atoms with van der Waals surface area (Å²) in [7, 11) is 0. The molecule has 3 N–H and O–H groups in total. The van der Waals surface area contributed by atoms with E-state index in [0.29, 0.717) is 5.57 Å². The van der Waals surface area contributed by atoms with Gasteiger partial charge < -0.3 is 15.7 Å². The lowest BCUT2D eigenvalue weighted by Gasteiger charge is -2.17. The second-order valence-electron chi connectivity index (χ2n) is 2.63. The second kappa shape index (κ2) is 4.71. The van der Waals surface area contributed by atoms with Crippen LogP contribution in [0.3, 0.4) is 0 Å². The van der Waals surface area contributed by atoms with Crippen molar-refractivity contribution in [1.29, 1.82) is 0 Å². The smallest absolute Gasteiger partial charge is 0.322 e. The Bertz CT molecular complexity index is 312. The van der Waals surface area contributed by atoms with Gasteiger partial charge in [-0.2, -0.15) is 0 Å². The number of rotatable bonds is 3. The Labute approximate surface area is 86.3 Å². The summed E-state index contributed by atoms with van der Waals surface area (Å²) in [5.41, 5.74) is 0.400. The van der Waals surface area contributed by atoms with E-state index in [1.165, 1.54) is 0 Å².